The highest BCUT2D eigenvalue weighted by atomic mass is 16.5. The molecule has 0 saturated carbocycles. The second-order valence-electron chi connectivity index (χ2n) is 5.41. The molecule has 0 radical (unpaired) electrons. The van der Waals surface area contributed by atoms with Crippen molar-refractivity contribution in [2.45, 2.75) is 18.9 Å². The first-order chi connectivity index (χ1) is 12.0. The van der Waals surface area contributed by atoms with Crippen LogP contribution in [0.4, 0.5) is 5.69 Å². The topological polar surface area (TPSA) is 108 Å². The number of fused-ring (bicyclic) bond motifs is 1. The molecule has 1 atom stereocenters. The zero-order valence-corrected chi connectivity index (χ0v) is 14.1. The van der Waals surface area contributed by atoms with Gasteiger partial charge in [0.1, 0.15) is 6.04 Å². The van der Waals surface area contributed by atoms with Gasteiger partial charge in [0, 0.05) is 23.1 Å². The lowest BCUT2D eigenvalue weighted by Gasteiger charge is -2.17. The van der Waals surface area contributed by atoms with Gasteiger partial charge in [-0.05, 0) is 23.9 Å². The van der Waals surface area contributed by atoms with Crippen molar-refractivity contribution in [1.82, 2.24) is 5.32 Å². The molecule has 7 nitrogen and oxygen atoms in total. The monoisotopic (exact) mass is 344 g/mol. The number of ether oxygens (including phenoxy) is 2. The van der Waals surface area contributed by atoms with E-state index in [-0.39, 0.29) is 12.8 Å². The molecule has 0 aliphatic heterocycles. The van der Waals surface area contributed by atoms with Gasteiger partial charge in [0.25, 0.3) is 5.91 Å². The van der Waals surface area contributed by atoms with Crippen molar-refractivity contribution in [3.05, 3.63) is 42.0 Å². The summed E-state index contributed by atoms with van der Waals surface area (Å²) in [4.78, 5) is 35.8. The number of amides is 1. The molecule has 2 aromatic carbocycles. The predicted molar refractivity (Wildman–Crippen MR) is 92.9 cm³/mol. The van der Waals surface area contributed by atoms with E-state index in [0.717, 1.165) is 5.39 Å². The summed E-state index contributed by atoms with van der Waals surface area (Å²) in [5.41, 5.74) is 6.88. The van der Waals surface area contributed by atoms with Crippen LogP contribution in [0.5, 0.6) is 0 Å². The fourth-order valence-electron chi connectivity index (χ4n) is 2.51. The third-order valence-corrected chi connectivity index (χ3v) is 3.86. The molecule has 7 heteroatoms. The van der Waals surface area contributed by atoms with E-state index in [1.807, 2.05) is 12.1 Å². The van der Waals surface area contributed by atoms with Gasteiger partial charge in [0.05, 0.1) is 14.2 Å². The lowest BCUT2D eigenvalue weighted by atomic mass is 10.0. The zero-order valence-electron chi connectivity index (χ0n) is 14.1. The fourth-order valence-corrected chi connectivity index (χ4v) is 2.51. The summed E-state index contributed by atoms with van der Waals surface area (Å²) in [6.45, 7) is 0. The second-order valence-corrected chi connectivity index (χ2v) is 5.41. The Morgan fingerprint density at radius 3 is 2.36 bits per heavy atom. The average molecular weight is 344 g/mol. The van der Waals surface area contributed by atoms with E-state index in [1.165, 1.54) is 14.2 Å². The van der Waals surface area contributed by atoms with Crippen LogP contribution in [0.25, 0.3) is 10.8 Å². The third-order valence-electron chi connectivity index (χ3n) is 3.86. The lowest BCUT2D eigenvalue weighted by Crippen LogP contribution is -2.42. The molecule has 132 valence electrons. The summed E-state index contributed by atoms with van der Waals surface area (Å²) in [7, 11) is 2.48. The summed E-state index contributed by atoms with van der Waals surface area (Å²) in [5, 5.41) is 4.04. The fraction of sp³-hybridized carbons (Fsp3) is 0.278. The first-order valence-electron chi connectivity index (χ1n) is 7.70. The second kappa shape index (κ2) is 8.14. The number of carbonyl (C=O) groups excluding carboxylic acids is 3. The maximum atomic E-state index is 12.6. The Bertz CT molecular complexity index is 803. The SMILES string of the molecule is COC(=O)CC[C@H](NC(=O)c1ccc(N)c2ccccc12)C(=O)OC. The summed E-state index contributed by atoms with van der Waals surface area (Å²) in [5.74, 6) is -1.55. The maximum absolute atomic E-state index is 12.6. The Kier molecular flexibility index (Phi) is 5.94. The molecule has 0 aliphatic carbocycles. The summed E-state index contributed by atoms with van der Waals surface area (Å²) < 4.78 is 9.25. The van der Waals surface area contributed by atoms with Gasteiger partial charge in [-0.2, -0.15) is 0 Å². The summed E-state index contributed by atoms with van der Waals surface area (Å²) >= 11 is 0. The summed E-state index contributed by atoms with van der Waals surface area (Å²) in [6, 6.07) is 9.51. The van der Waals surface area contributed by atoms with Crippen LogP contribution >= 0.6 is 0 Å². The Balaban J connectivity index is 2.25. The number of hydrogen-bond acceptors (Lipinski definition) is 6. The van der Waals surface area contributed by atoms with E-state index in [4.69, 9.17) is 10.5 Å². The number of rotatable bonds is 6. The van der Waals surface area contributed by atoms with E-state index in [2.05, 4.69) is 10.1 Å². The van der Waals surface area contributed by atoms with Crippen LogP contribution in [0.2, 0.25) is 0 Å². The van der Waals surface area contributed by atoms with Gasteiger partial charge >= 0.3 is 11.9 Å². The van der Waals surface area contributed by atoms with Gasteiger partial charge < -0.3 is 20.5 Å². The van der Waals surface area contributed by atoms with Crippen LogP contribution in [0, 0.1) is 0 Å². The Hall–Kier alpha value is -3.09. The van der Waals surface area contributed by atoms with E-state index >= 15 is 0 Å². The quantitative estimate of drug-likeness (QED) is 0.609. The predicted octanol–water partition coefficient (Wildman–Crippen LogP) is 1.65. The molecular formula is C18H20N2O5. The number of nitrogens with two attached hydrogens (primary N) is 1. The minimum atomic E-state index is -0.951. The van der Waals surface area contributed by atoms with Gasteiger partial charge in [0.15, 0.2) is 0 Å². The molecule has 1 amide bonds. The van der Waals surface area contributed by atoms with Crippen LogP contribution in [0.1, 0.15) is 23.2 Å². The van der Waals surface area contributed by atoms with E-state index in [9.17, 15) is 14.4 Å². The Morgan fingerprint density at radius 2 is 1.72 bits per heavy atom. The standard InChI is InChI=1S/C18H20N2O5/c1-24-16(21)10-9-15(18(23)25-2)20-17(22)13-7-8-14(19)12-6-4-3-5-11(12)13/h3-8,15H,9-10,19H2,1-2H3,(H,20,22)/t15-/m0/s1. The van der Waals surface area contributed by atoms with Crippen LogP contribution in [-0.2, 0) is 19.1 Å². The van der Waals surface area contributed by atoms with Crippen LogP contribution < -0.4 is 11.1 Å². The minimum Gasteiger partial charge on any atom is -0.469 e. The van der Waals surface area contributed by atoms with Gasteiger partial charge in [0.2, 0.25) is 0 Å². The molecule has 0 aromatic heterocycles. The Labute approximate surface area is 145 Å². The number of anilines is 1. The van der Waals surface area contributed by atoms with Gasteiger partial charge in [-0.15, -0.1) is 0 Å². The summed E-state index contributed by atoms with van der Waals surface area (Å²) in [6.07, 6.45) is 0.0665. The van der Waals surface area contributed by atoms with Gasteiger partial charge in [-0.1, -0.05) is 24.3 Å². The van der Waals surface area contributed by atoms with Crippen molar-refractivity contribution in [3.8, 4) is 0 Å². The van der Waals surface area contributed by atoms with Crippen molar-refractivity contribution < 1.29 is 23.9 Å². The van der Waals surface area contributed by atoms with Crippen molar-refractivity contribution in [1.29, 1.82) is 0 Å². The largest absolute Gasteiger partial charge is 0.469 e. The maximum Gasteiger partial charge on any atom is 0.328 e. The number of hydrogen-bond donors (Lipinski definition) is 2. The molecular weight excluding hydrogens is 324 g/mol. The minimum absolute atomic E-state index is 0.0148. The average Bonchev–Trinajstić information content (AvgIpc) is 2.64. The molecule has 0 fully saturated rings. The van der Waals surface area contributed by atoms with Crippen LogP contribution in [0.15, 0.2) is 36.4 Å². The van der Waals surface area contributed by atoms with Gasteiger partial charge in [-0.25, -0.2) is 4.79 Å². The van der Waals surface area contributed by atoms with Gasteiger partial charge in [-0.3, -0.25) is 9.59 Å². The first-order valence-corrected chi connectivity index (χ1v) is 7.70. The van der Waals surface area contributed by atoms with Crippen LogP contribution in [-0.4, -0.2) is 38.1 Å². The van der Waals surface area contributed by atoms with Crippen LogP contribution in [0.3, 0.4) is 0 Å². The van der Waals surface area contributed by atoms with Crippen molar-refractivity contribution in [3.63, 3.8) is 0 Å². The molecule has 2 aromatic rings. The highest BCUT2D eigenvalue weighted by molar-refractivity contribution is 6.10. The van der Waals surface area contributed by atoms with E-state index in [1.54, 1.807) is 24.3 Å². The van der Waals surface area contributed by atoms with Crippen molar-refractivity contribution in [2.24, 2.45) is 0 Å². The van der Waals surface area contributed by atoms with E-state index in [0.29, 0.717) is 16.6 Å². The highest BCUT2D eigenvalue weighted by Gasteiger charge is 2.24. The van der Waals surface area contributed by atoms with E-state index < -0.39 is 23.9 Å². The normalized spacial score (nSPS) is 11.6. The Morgan fingerprint density at radius 1 is 1.04 bits per heavy atom. The number of nitrogen functional groups attached to an aromatic ring is 1. The molecule has 2 rings (SSSR count). The third kappa shape index (κ3) is 4.26. The number of methoxy groups -OCH3 is 2. The number of esters is 2. The smallest absolute Gasteiger partial charge is 0.328 e. The zero-order chi connectivity index (χ0) is 18.4. The number of benzene rings is 2. The molecule has 0 aliphatic rings. The molecule has 0 heterocycles. The highest BCUT2D eigenvalue weighted by Crippen LogP contribution is 2.24. The molecule has 0 bridgehead atoms. The molecule has 3 N–H and O–H groups in total. The molecule has 25 heavy (non-hydrogen) atoms. The number of carbonyl (C=O) groups is 3. The molecule has 0 spiro atoms. The molecule has 0 saturated heterocycles. The van der Waals surface area contributed by atoms with Crippen molar-refractivity contribution in [2.75, 3.05) is 20.0 Å². The number of nitrogens with one attached hydrogen (secondary N) is 1. The lowest BCUT2D eigenvalue weighted by molar-refractivity contribution is -0.144. The first kappa shape index (κ1) is 18.3. The van der Waals surface area contributed by atoms with Crippen molar-refractivity contribution >= 4 is 34.3 Å². The molecule has 0 unspecified atom stereocenters.